The van der Waals surface area contributed by atoms with Crippen LogP contribution in [0.15, 0.2) is 24.3 Å². The Kier molecular flexibility index (Phi) is 1.85. The molecule has 0 atom stereocenters. The Bertz CT molecular complexity index is 194. The predicted octanol–water partition coefficient (Wildman–Crippen LogP) is 2.55. The molecule has 1 aromatic carbocycles. The first-order valence-corrected chi connectivity index (χ1v) is 3.03. The Balaban J connectivity index is 2.94. The minimum atomic E-state index is 0.391. The molecule has 9 heavy (non-hydrogen) atoms. The first-order valence-electron chi connectivity index (χ1n) is 3.03. The van der Waals surface area contributed by atoms with Gasteiger partial charge in [0.1, 0.15) is 0 Å². The van der Waals surface area contributed by atoms with Gasteiger partial charge in [-0.25, -0.2) is 0 Å². The first kappa shape index (κ1) is 6.30. The van der Waals surface area contributed by atoms with Crippen molar-refractivity contribution in [1.82, 2.24) is 0 Å². The van der Waals surface area contributed by atoms with Gasteiger partial charge >= 0.3 is 0 Å². The average Bonchev–Trinajstić information content (AvgIpc) is 1.88. The summed E-state index contributed by atoms with van der Waals surface area (Å²) in [5.74, 6) is 0. The van der Waals surface area contributed by atoms with Gasteiger partial charge in [-0.3, -0.25) is 0 Å². The van der Waals surface area contributed by atoms with E-state index in [-0.39, 0.29) is 0 Å². The van der Waals surface area contributed by atoms with Crippen LogP contribution in [0.4, 0.5) is 0 Å². The van der Waals surface area contributed by atoms with E-state index in [1.54, 1.807) is 0 Å². The molecule has 0 radical (unpaired) electrons. The lowest BCUT2D eigenvalue weighted by Gasteiger charge is -2.01. The number of nitrogens with one attached hydrogen (secondary N) is 1. The highest BCUT2D eigenvalue weighted by molar-refractivity contribution is 5.22. The second kappa shape index (κ2) is 2.65. The molecule has 1 aromatic rings. The molecule has 0 spiro atoms. The number of aryl methyl sites for hydroxylation is 1. The second-order valence-electron chi connectivity index (χ2n) is 2.17. The SMILES string of the molecule is Cc1cccc(C[NH-])c1. The topological polar surface area (TPSA) is 23.8 Å². The maximum atomic E-state index is 7.04. The molecule has 48 valence electrons. The van der Waals surface area contributed by atoms with Gasteiger partial charge in [-0.2, -0.15) is 0 Å². The van der Waals surface area contributed by atoms with E-state index in [1.807, 2.05) is 31.2 Å². The zero-order chi connectivity index (χ0) is 6.69. The fourth-order valence-electron chi connectivity index (χ4n) is 0.822. The molecule has 0 fully saturated rings. The third-order valence-corrected chi connectivity index (χ3v) is 1.29. The van der Waals surface area contributed by atoms with Crippen molar-refractivity contribution in [3.05, 3.63) is 41.1 Å². The van der Waals surface area contributed by atoms with E-state index in [4.69, 9.17) is 5.73 Å². The molecule has 1 N–H and O–H groups in total. The lowest BCUT2D eigenvalue weighted by atomic mass is 10.1. The molecule has 0 aromatic heterocycles. The van der Waals surface area contributed by atoms with Crippen LogP contribution in [-0.4, -0.2) is 0 Å². The zero-order valence-electron chi connectivity index (χ0n) is 5.52. The summed E-state index contributed by atoms with van der Waals surface area (Å²) >= 11 is 0. The summed E-state index contributed by atoms with van der Waals surface area (Å²) in [6.07, 6.45) is 0. The van der Waals surface area contributed by atoms with E-state index >= 15 is 0 Å². The van der Waals surface area contributed by atoms with Crippen molar-refractivity contribution in [2.24, 2.45) is 0 Å². The fraction of sp³-hybridized carbons (Fsp3) is 0.250. The Hall–Kier alpha value is -0.820. The van der Waals surface area contributed by atoms with Crippen LogP contribution in [0.3, 0.4) is 0 Å². The van der Waals surface area contributed by atoms with Gasteiger partial charge in [-0.05, 0) is 6.92 Å². The molecule has 0 saturated carbocycles. The van der Waals surface area contributed by atoms with Crippen LogP contribution >= 0.6 is 0 Å². The minimum Gasteiger partial charge on any atom is -0.674 e. The molecule has 0 unspecified atom stereocenters. The lowest BCUT2D eigenvalue weighted by molar-refractivity contribution is 1.26. The summed E-state index contributed by atoms with van der Waals surface area (Å²) in [6.45, 7) is 2.43. The van der Waals surface area contributed by atoms with Crippen molar-refractivity contribution in [2.45, 2.75) is 13.5 Å². The number of rotatable bonds is 1. The smallest absolute Gasteiger partial charge is 0.0398 e. The number of benzene rings is 1. The van der Waals surface area contributed by atoms with Crippen LogP contribution in [0.25, 0.3) is 5.73 Å². The van der Waals surface area contributed by atoms with Crippen LogP contribution < -0.4 is 0 Å². The Labute approximate surface area is 55.5 Å². The molecule has 1 heteroatoms. The van der Waals surface area contributed by atoms with Gasteiger partial charge in [0.2, 0.25) is 0 Å². The largest absolute Gasteiger partial charge is 0.674 e. The highest BCUT2D eigenvalue weighted by Crippen LogP contribution is 2.03. The molecule has 0 bridgehead atoms. The minimum absolute atomic E-state index is 0.391. The van der Waals surface area contributed by atoms with E-state index in [0.717, 1.165) is 5.56 Å². The Morgan fingerprint density at radius 3 is 2.67 bits per heavy atom. The molecule has 0 aliphatic heterocycles. The van der Waals surface area contributed by atoms with E-state index in [0.29, 0.717) is 6.54 Å². The van der Waals surface area contributed by atoms with Crippen LogP contribution in [0.5, 0.6) is 0 Å². The van der Waals surface area contributed by atoms with Crippen molar-refractivity contribution in [2.75, 3.05) is 0 Å². The van der Waals surface area contributed by atoms with Gasteiger partial charge < -0.3 is 5.73 Å². The normalized spacial score (nSPS) is 9.56. The van der Waals surface area contributed by atoms with Gasteiger partial charge in [0, 0.05) is 0 Å². The molecule has 0 saturated heterocycles. The molecule has 0 aliphatic carbocycles. The van der Waals surface area contributed by atoms with Gasteiger partial charge in [-0.1, -0.05) is 35.4 Å². The molecule has 0 amide bonds. The quantitative estimate of drug-likeness (QED) is 0.544. The second-order valence-corrected chi connectivity index (χ2v) is 2.17. The number of hydrogen-bond donors (Lipinski definition) is 0. The summed E-state index contributed by atoms with van der Waals surface area (Å²) in [7, 11) is 0. The highest BCUT2D eigenvalue weighted by Gasteiger charge is 1.82. The average molecular weight is 120 g/mol. The van der Waals surface area contributed by atoms with Crippen molar-refractivity contribution < 1.29 is 0 Å². The highest BCUT2D eigenvalue weighted by atomic mass is 14.5. The molecular formula is C8H10N-. The van der Waals surface area contributed by atoms with E-state index in [2.05, 4.69) is 0 Å². The Morgan fingerprint density at radius 2 is 2.22 bits per heavy atom. The maximum absolute atomic E-state index is 7.04. The van der Waals surface area contributed by atoms with Crippen molar-refractivity contribution in [3.8, 4) is 0 Å². The summed E-state index contributed by atoms with van der Waals surface area (Å²) < 4.78 is 0. The van der Waals surface area contributed by atoms with Crippen molar-refractivity contribution in [1.29, 1.82) is 0 Å². The zero-order valence-corrected chi connectivity index (χ0v) is 5.52. The first-order chi connectivity index (χ1) is 4.33. The van der Waals surface area contributed by atoms with Gasteiger partial charge in [0.25, 0.3) is 0 Å². The summed E-state index contributed by atoms with van der Waals surface area (Å²) in [5, 5.41) is 0. The van der Waals surface area contributed by atoms with Crippen molar-refractivity contribution in [3.63, 3.8) is 0 Å². The van der Waals surface area contributed by atoms with Crippen LogP contribution in [0.1, 0.15) is 11.1 Å². The van der Waals surface area contributed by atoms with E-state index in [1.165, 1.54) is 5.56 Å². The summed E-state index contributed by atoms with van der Waals surface area (Å²) in [4.78, 5) is 0. The van der Waals surface area contributed by atoms with E-state index in [9.17, 15) is 0 Å². The summed E-state index contributed by atoms with van der Waals surface area (Å²) in [5.41, 5.74) is 9.37. The summed E-state index contributed by atoms with van der Waals surface area (Å²) in [6, 6.07) is 8.03. The van der Waals surface area contributed by atoms with Gasteiger partial charge in [0.05, 0.1) is 0 Å². The number of hydrogen-bond acceptors (Lipinski definition) is 0. The third-order valence-electron chi connectivity index (χ3n) is 1.29. The standard InChI is InChI=1S/C8H10N/c1-7-3-2-4-8(5-7)6-9/h2-5,9H,6H2,1H3/q-1. The lowest BCUT2D eigenvalue weighted by Crippen LogP contribution is -1.78. The van der Waals surface area contributed by atoms with Gasteiger partial charge in [-0.15, -0.1) is 6.54 Å². The van der Waals surface area contributed by atoms with Crippen LogP contribution in [0, 0.1) is 6.92 Å². The molecular weight excluding hydrogens is 110 g/mol. The Morgan fingerprint density at radius 1 is 1.44 bits per heavy atom. The van der Waals surface area contributed by atoms with Crippen LogP contribution in [-0.2, 0) is 6.54 Å². The third kappa shape index (κ3) is 1.54. The fourth-order valence-corrected chi connectivity index (χ4v) is 0.822. The molecule has 0 aliphatic rings. The maximum Gasteiger partial charge on any atom is -0.0398 e. The van der Waals surface area contributed by atoms with Crippen LogP contribution in [0.2, 0.25) is 0 Å². The van der Waals surface area contributed by atoms with Gasteiger partial charge in [0.15, 0.2) is 0 Å². The molecule has 0 heterocycles. The predicted molar refractivity (Wildman–Crippen MR) is 39.2 cm³/mol. The van der Waals surface area contributed by atoms with E-state index < -0.39 is 0 Å². The molecule has 1 nitrogen and oxygen atoms in total. The van der Waals surface area contributed by atoms with Crippen molar-refractivity contribution >= 4 is 0 Å². The monoisotopic (exact) mass is 120 g/mol. The molecule has 1 rings (SSSR count).